The van der Waals surface area contributed by atoms with E-state index in [-0.39, 0.29) is 0 Å². The number of hydrogen-bond acceptors (Lipinski definition) is 3. The van der Waals surface area contributed by atoms with Crippen LogP contribution in [0.4, 0.5) is 0 Å². The molecule has 0 atom stereocenters. The fourth-order valence-electron chi connectivity index (χ4n) is 2.85. The lowest BCUT2D eigenvalue weighted by atomic mass is 10.1. The van der Waals surface area contributed by atoms with Crippen LogP contribution in [0.2, 0.25) is 0 Å². The van der Waals surface area contributed by atoms with E-state index in [1.54, 1.807) is 11.8 Å². The zero-order valence-corrected chi connectivity index (χ0v) is 16.3. The number of nitrogens with zero attached hydrogens (tertiary/aromatic N) is 3. The predicted octanol–water partition coefficient (Wildman–Crippen LogP) is 5.86. The fraction of sp³-hybridized carbons (Fsp3) is 0.100. The summed E-state index contributed by atoms with van der Waals surface area (Å²) in [6.45, 7) is 1.99. The van der Waals surface area contributed by atoms with Gasteiger partial charge in [0.25, 0.3) is 0 Å². The SMILES string of the molecule is CSc1ccc(-c2nc3nc(C)ccn3c2-c2ccc(Br)cc2)cc1. The van der Waals surface area contributed by atoms with Gasteiger partial charge in [0.15, 0.2) is 0 Å². The van der Waals surface area contributed by atoms with Crippen molar-refractivity contribution in [1.82, 2.24) is 14.4 Å². The van der Waals surface area contributed by atoms with Gasteiger partial charge in [0.05, 0.1) is 11.4 Å². The number of fused-ring (bicyclic) bond motifs is 1. The molecule has 124 valence electrons. The van der Waals surface area contributed by atoms with Crippen LogP contribution in [0.25, 0.3) is 28.3 Å². The Morgan fingerprint density at radius 3 is 2.24 bits per heavy atom. The highest BCUT2D eigenvalue weighted by Gasteiger charge is 2.16. The Kier molecular flexibility index (Phi) is 4.36. The predicted molar refractivity (Wildman–Crippen MR) is 108 cm³/mol. The summed E-state index contributed by atoms with van der Waals surface area (Å²) < 4.78 is 3.12. The van der Waals surface area contributed by atoms with Crippen LogP contribution in [0.1, 0.15) is 5.69 Å². The maximum Gasteiger partial charge on any atom is 0.235 e. The van der Waals surface area contributed by atoms with E-state index < -0.39 is 0 Å². The van der Waals surface area contributed by atoms with Gasteiger partial charge in [-0.05, 0) is 43.5 Å². The summed E-state index contributed by atoms with van der Waals surface area (Å²) in [5, 5.41) is 0. The molecular weight excluding hydrogens is 394 g/mol. The molecule has 0 unspecified atom stereocenters. The summed E-state index contributed by atoms with van der Waals surface area (Å²) in [6, 6.07) is 18.8. The second-order valence-corrected chi connectivity index (χ2v) is 7.58. The summed E-state index contributed by atoms with van der Waals surface area (Å²) in [4.78, 5) is 10.7. The number of thioether (sulfide) groups is 1. The van der Waals surface area contributed by atoms with Crippen molar-refractivity contribution in [1.29, 1.82) is 0 Å². The molecule has 0 bridgehead atoms. The van der Waals surface area contributed by atoms with E-state index in [1.807, 2.05) is 19.2 Å². The highest BCUT2D eigenvalue weighted by atomic mass is 79.9. The molecule has 0 aliphatic carbocycles. The number of hydrogen-bond donors (Lipinski definition) is 0. The second-order valence-electron chi connectivity index (χ2n) is 5.78. The van der Waals surface area contributed by atoms with E-state index in [0.29, 0.717) is 0 Å². The lowest BCUT2D eigenvalue weighted by Crippen LogP contribution is -1.92. The topological polar surface area (TPSA) is 30.2 Å². The van der Waals surface area contributed by atoms with Gasteiger partial charge in [-0.3, -0.25) is 4.40 Å². The maximum atomic E-state index is 4.83. The van der Waals surface area contributed by atoms with E-state index in [1.165, 1.54) is 4.90 Å². The lowest BCUT2D eigenvalue weighted by Gasteiger charge is -2.06. The fourth-order valence-corrected chi connectivity index (χ4v) is 3.52. The van der Waals surface area contributed by atoms with Crippen LogP contribution in [-0.2, 0) is 0 Å². The highest BCUT2D eigenvalue weighted by molar-refractivity contribution is 9.10. The number of rotatable bonds is 3. The molecular formula is C20H16BrN3S. The Balaban J connectivity index is 1.98. The molecule has 4 aromatic rings. The summed E-state index contributed by atoms with van der Waals surface area (Å²) in [7, 11) is 0. The van der Waals surface area contributed by atoms with Gasteiger partial charge in [-0.2, -0.15) is 0 Å². The average Bonchev–Trinajstić information content (AvgIpc) is 3.01. The lowest BCUT2D eigenvalue weighted by molar-refractivity contribution is 1.07. The molecule has 0 radical (unpaired) electrons. The first-order valence-corrected chi connectivity index (χ1v) is 9.93. The minimum atomic E-state index is 0.724. The molecule has 0 saturated heterocycles. The number of halogens is 1. The van der Waals surface area contributed by atoms with Gasteiger partial charge in [-0.15, -0.1) is 11.8 Å². The van der Waals surface area contributed by atoms with Crippen molar-refractivity contribution in [3.63, 3.8) is 0 Å². The zero-order chi connectivity index (χ0) is 17.4. The number of aromatic nitrogens is 3. The van der Waals surface area contributed by atoms with Crippen molar-refractivity contribution in [3.8, 4) is 22.5 Å². The molecule has 0 spiro atoms. The molecule has 0 fully saturated rings. The quantitative estimate of drug-likeness (QED) is 0.397. The minimum absolute atomic E-state index is 0.724. The number of benzene rings is 2. The first-order valence-electron chi connectivity index (χ1n) is 7.92. The minimum Gasteiger partial charge on any atom is -0.283 e. The van der Waals surface area contributed by atoms with Crippen molar-refractivity contribution in [2.75, 3.05) is 6.26 Å². The van der Waals surface area contributed by atoms with Crippen molar-refractivity contribution in [2.45, 2.75) is 11.8 Å². The van der Waals surface area contributed by atoms with Crippen molar-refractivity contribution >= 4 is 33.5 Å². The van der Waals surface area contributed by atoms with E-state index in [0.717, 1.165) is 38.5 Å². The van der Waals surface area contributed by atoms with Gasteiger partial charge >= 0.3 is 0 Å². The number of imidazole rings is 1. The third kappa shape index (κ3) is 3.10. The average molecular weight is 410 g/mol. The molecule has 0 aliphatic rings. The molecule has 0 N–H and O–H groups in total. The Hall–Kier alpha value is -2.11. The molecule has 4 rings (SSSR count). The smallest absolute Gasteiger partial charge is 0.235 e. The van der Waals surface area contributed by atoms with Crippen molar-refractivity contribution in [3.05, 3.63) is 71.0 Å². The first-order chi connectivity index (χ1) is 12.2. The Morgan fingerprint density at radius 1 is 0.880 bits per heavy atom. The van der Waals surface area contributed by atoms with Gasteiger partial charge in [0.1, 0.15) is 0 Å². The molecule has 25 heavy (non-hydrogen) atoms. The van der Waals surface area contributed by atoms with E-state index in [4.69, 9.17) is 4.98 Å². The largest absolute Gasteiger partial charge is 0.283 e. The first kappa shape index (κ1) is 16.4. The highest BCUT2D eigenvalue weighted by Crippen LogP contribution is 2.33. The molecule has 5 heteroatoms. The molecule has 0 amide bonds. The summed E-state index contributed by atoms with van der Waals surface area (Å²) in [6.07, 6.45) is 4.13. The van der Waals surface area contributed by atoms with E-state index in [2.05, 4.69) is 80.1 Å². The van der Waals surface area contributed by atoms with Gasteiger partial charge in [0, 0.05) is 32.4 Å². The molecule has 0 aliphatic heterocycles. The number of aryl methyl sites for hydroxylation is 1. The molecule has 0 saturated carbocycles. The van der Waals surface area contributed by atoms with Crippen LogP contribution >= 0.6 is 27.7 Å². The standard InChI is InChI=1S/C20H16BrN3S/c1-13-11-12-24-19(15-3-7-16(21)8-4-15)18(23-20(24)22-13)14-5-9-17(25-2)10-6-14/h3-12H,1-2H3. The zero-order valence-electron chi connectivity index (χ0n) is 13.9. The Morgan fingerprint density at radius 2 is 1.56 bits per heavy atom. The van der Waals surface area contributed by atoms with Crippen molar-refractivity contribution in [2.24, 2.45) is 0 Å². The van der Waals surface area contributed by atoms with Crippen LogP contribution in [-0.4, -0.2) is 20.6 Å². The normalized spacial score (nSPS) is 11.2. The van der Waals surface area contributed by atoms with E-state index in [9.17, 15) is 0 Å². The monoisotopic (exact) mass is 409 g/mol. The molecule has 2 aromatic carbocycles. The van der Waals surface area contributed by atoms with Crippen LogP contribution < -0.4 is 0 Å². The summed E-state index contributed by atoms with van der Waals surface area (Å²) >= 11 is 5.25. The van der Waals surface area contributed by atoms with Crippen LogP contribution in [0.5, 0.6) is 0 Å². The Labute approximate surface area is 159 Å². The molecule has 3 nitrogen and oxygen atoms in total. The maximum absolute atomic E-state index is 4.83. The van der Waals surface area contributed by atoms with Gasteiger partial charge in [-0.1, -0.05) is 40.2 Å². The summed E-state index contributed by atoms with van der Waals surface area (Å²) in [5.41, 5.74) is 5.19. The third-order valence-corrected chi connectivity index (χ3v) is 5.39. The van der Waals surface area contributed by atoms with Crippen LogP contribution in [0, 0.1) is 6.92 Å². The van der Waals surface area contributed by atoms with Crippen LogP contribution in [0.15, 0.2) is 70.2 Å². The molecule has 2 heterocycles. The second kappa shape index (κ2) is 6.65. The van der Waals surface area contributed by atoms with Crippen molar-refractivity contribution < 1.29 is 0 Å². The van der Waals surface area contributed by atoms with Crippen LogP contribution in [0.3, 0.4) is 0 Å². The summed E-state index contributed by atoms with van der Waals surface area (Å²) in [5.74, 6) is 0.724. The van der Waals surface area contributed by atoms with Gasteiger partial charge in [-0.25, -0.2) is 9.97 Å². The molecule has 2 aromatic heterocycles. The third-order valence-electron chi connectivity index (χ3n) is 4.11. The van der Waals surface area contributed by atoms with Gasteiger partial charge < -0.3 is 0 Å². The van der Waals surface area contributed by atoms with E-state index >= 15 is 0 Å². The van der Waals surface area contributed by atoms with Gasteiger partial charge in [0.2, 0.25) is 5.78 Å². The Bertz CT molecular complexity index is 1040.